The lowest BCUT2D eigenvalue weighted by Crippen LogP contribution is -2.35. The fourth-order valence-electron chi connectivity index (χ4n) is 2.79. The highest BCUT2D eigenvalue weighted by molar-refractivity contribution is 7.12. The molecule has 2 rings (SSSR count). The van der Waals surface area contributed by atoms with Crippen molar-refractivity contribution in [1.29, 1.82) is 0 Å². The van der Waals surface area contributed by atoms with Gasteiger partial charge in [0.05, 0.1) is 6.04 Å². The van der Waals surface area contributed by atoms with E-state index in [-0.39, 0.29) is 0 Å². The first-order chi connectivity index (χ1) is 8.85. The normalized spacial score (nSPS) is 20.3. The van der Waals surface area contributed by atoms with Gasteiger partial charge in [0.2, 0.25) is 0 Å². The molecule has 1 aliphatic heterocycles. The van der Waals surface area contributed by atoms with Gasteiger partial charge in [0.1, 0.15) is 0 Å². The molecule has 1 fully saturated rings. The predicted molar refractivity (Wildman–Crippen MR) is 80.2 cm³/mol. The third-order valence-electron chi connectivity index (χ3n) is 3.91. The van der Waals surface area contributed by atoms with Gasteiger partial charge in [-0.25, -0.2) is 0 Å². The molecule has 2 nitrogen and oxygen atoms in total. The number of nitrogens with zero attached hydrogens (tertiary/aromatic N) is 1. The van der Waals surface area contributed by atoms with Crippen molar-refractivity contribution in [1.82, 2.24) is 4.90 Å². The Balaban J connectivity index is 2.05. The lowest BCUT2D eigenvalue weighted by molar-refractivity contribution is 0.186. The zero-order valence-corrected chi connectivity index (χ0v) is 12.3. The van der Waals surface area contributed by atoms with Crippen molar-refractivity contribution >= 4 is 11.3 Å². The van der Waals surface area contributed by atoms with E-state index in [1.165, 1.54) is 54.9 Å². The Hall–Kier alpha value is -0.380. The van der Waals surface area contributed by atoms with Crippen molar-refractivity contribution in [2.75, 3.05) is 19.6 Å². The van der Waals surface area contributed by atoms with Crippen molar-refractivity contribution in [3.8, 4) is 0 Å². The van der Waals surface area contributed by atoms with Crippen molar-refractivity contribution < 1.29 is 0 Å². The van der Waals surface area contributed by atoms with Crippen molar-refractivity contribution in [3.05, 3.63) is 21.9 Å². The molecule has 2 N–H and O–H groups in total. The Morgan fingerprint density at radius 3 is 2.39 bits per heavy atom. The van der Waals surface area contributed by atoms with Crippen LogP contribution in [0.25, 0.3) is 0 Å². The maximum atomic E-state index is 6.04. The van der Waals surface area contributed by atoms with E-state index in [0.717, 1.165) is 13.0 Å². The van der Waals surface area contributed by atoms with Gasteiger partial charge in [0.15, 0.2) is 0 Å². The van der Waals surface area contributed by atoms with Crippen LogP contribution in [-0.2, 0) is 6.42 Å². The Morgan fingerprint density at radius 2 is 1.83 bits per heavy atom. The number of hydrogen-bond acceptors (Lipinski definition) is 3. The highest BCUT2D eigenvalue weighted by atomic mass is 32.1. The molecule has 0 bridgehead atoms. The number of thiophene rings is 1. The summed E-state index contributed by atoms with van der Waals surface area (Å²) < 4.78 is 0. The van der Waals surface area contributed by atoms with E-state index in [4.69, 9.17) is 5.73 Å². The van der Waals surface area contributed by atoms with Crippen molar-refractivity contribution in [2.45, 2.75) is 51.5 Å². The second-order valence-electron chi connectivity index (χ2n) is 5.21. The number of hydrogen-bond donors (Lipinski definition) is 1. The van der Waals surface area contributed by atoms with Crippen LogP contribution in [0.1, 0.15) is 54.8 Å². The molecule has 1 aromatic rings. The molecule has 0 saturated carbocycles. The van der Waals surface area contributed by atoms with Crippen LogP contribution < -0.4 is 5.73 Å². The summed E-state index contributed by atoms with van der Waals surface area (Å²) in [6.07, 6.45) is 8.00. The van der Waals surface area contributed by atoms with Gasteiger partial charge in [-0.3, -0.25) is 4.90 Å². The summed E-state index contributed by atoms with van der Waals surface area (Å²) in [7, 11) is 0. The third-order valence-corrected chi connectivity index (χ3v) is 5.24. The molecule has 0 amide bonds. The van der Waals surface area contributed by atoms with Gasteiger partial charge in [0.25, 0.3) is 0 Å². The Labute approximate surface area is 115 Å². The smallest absolute Gasteiger partial charge is 0.0564 e. The zero-order valence-electron chi connectivity index (χ0n) is 11.5. The van der Waals surface area contributed by atoms with Gasteiger partial charge < -0.3 is 5.73 Å². The van der Waals surface area contributed by atoms with Crippen LogP contribution in [0, 0.1) is 0 Å². The van der Waals surface area contributed by atoms with Crippen LogP contribution in [0.2, 0.25) is 0 Å². The maximum absolute atomic E-state index is 6.04. The van der Waals surface area contributed by atoms with Crippen LogP contribution in [-0.4, -0.2) is 24.5 Å². The van der Waals surface area contributed by atoms with Crippen LogP contribution >= 0.6 is 11.3 Å². The predicted octanol–water partition coefficient (Wildman–Crippen LogP) is 3.58. The molecule has 1 saturated heterocycles. The lowest BCUT2D eigenvalue weighted by Gasteiger charge is -2.31. The Bertz CT molecular complexity index is 340. The minimum atomic E-state index is 0.452. The van der Waals surface area contributed by atoms with Crippen molar-refractivity contribution in [2.24, 2.45) is 5.73 Å². The van der Waals surface area contributed by atoms with Gasteiger partial charge in [-0.2, -0.15) is 0 Å². The summed E-state index contributed by atoms with van der Waals surface area (Å²) in [4.78, 5) is 5.56. The van der Waals surface area contributed by atoms with Gasteiger partial charge >= 0.3 is 0 Å². The largest absolute Gasteiger partial charge is 0.329 e. The first-order valence-electron chi connectivity index (χ1n) is 7.38. The van der Waals surface area contributed by atoms with Gasteiger partial charge in [0, 0.05) is 16.3 Å². The third kappa shape index (κ3) is 3.56. The van der Waals surface area contributed by atoms with Gasteiger partial charge in [-0.05, 0) is 44.5 Å². The van der Waals surface area contributed by atoms with Crippen LogP contribution in [0.5, 0.6) is 0 Å². The van der Waals surface area contributed by atoms with E-state index >= 15 is 0 Å². The summed E-state index contributed by atoms with van der Waals surface area (Å²) in [6, 6.07) is 5.01. The van der Waals surface area contributed by atoms with E-state index in [1.807, 2.05) is 11.3 Å². The van der Waals surface area contributed by atoms with E-state index in [9.17, 15) is 0 Å². The summed E-state index contributed by atoms with van der Waals surface area (Å²) >= 11 is 1.95. The van der Waals surface area contributed by atoms with E-state index in [2.05, 4.69) is 24.0 Å². The Kier molecular flexibility index (Phi) is 5.67. The van der Waals surface area contributed by atoms with Crippen molar-refractivity contribution in [3.63, 3.8) is 0 Å². The highest BCUT2D eigenvalue weighted by Gasteiger charge is 2.20. The molecule has 18 heavy (non-hydrogen) atoms. The molecule has 0 aromatic carbocycles. The molecule has 1 aromatic heterocycles. The molecular formula is C15H26N2S. The number of nitrogens with two attached hydrogens (primary N) is 1. The fraction of sp³-hybridized carbons (Fsp3) is 0.733. The minimum Gasteiger partial charge on any atom is -0.329 e. The van der Waals surface area contributed by atoms with E-state index in [1.54, 1.807) is 0 Å². The summed E-state index contributed by atoms with van der Waals surface area (Å²) in [5.74, 6) is 0. The molecule has 2 heterocycles. The molecule has 1 unspecified atom stereocenters. The minimum absolute atomic E-state index is 0.452. The molecule has 1 aliphatic rings. The number of rotatable bonds is 4. The number of aryl methyl sites for hydroxylation is 1. The lowest BCUT2D eigenvalue weighted by atomic mass is 10.1. The molecule has 1 atom stereocenters. The molecule has 102 valence electrons. The first-order valence-corrected chi connectivity index (χ1v) is 8.19. The standard InChI is InChI=1S/C15H26N2S/c1-2-13-8-9-15(18-13)14(12-16)17-10-6-4-3-5-7-11-17/h8-9,14H,2-7,10-12,16H2,1H3. The monoisotopic (exact) mass is 266 g/mol. The quantitative estimate of drug-likeness (QED) is 0.902. The second kappa shape index (κ2) is 7.27. The Morgan fingerprint density at radius 1 is 1.17 bits per heavy atom. The topological polar surface area (TPSA) is 29.3 Å². The van der Waals surface area contributed by atoms with Crippen LogP contribution in [0.15, 0.2) is 12.1 Å². The average molecular weight is 266 g/mol. The SMILES string of the molecule is CCc1ccc(C(CN)N2CCCCCCC2)s1. The zero-order chi connectivity index (χ0) is 12.8. The maximum Gasteiger partial charge on any atom is 0.0564 e. The first kappa shape index (κ1) is 14.0. The van der Waals surface area contributed by atoms with E-state index in [0.29, 0.717) is 6.04 Å². The van der Waals surface area contributed by atoms with Gasteiger partial charge in [-0.15, -0.1) is 11.3 Å². The van der Waals surface area contributed by atoms with Gasteiger partial charge in [-0.1, -0.05) is 26.2 Å². The average Bonchev–Trinajstić information content (AvgIpc) is 2.81. The fourth-order valence-corrected chi connectivity index (χ4v) is 3.89. The summed E-state index contributed by atoms with van der Waals surface area (Å²) in [5, 5.41) is 0. The number of likely N-dealkylation sites (tertiary alicyclic amines) is 1. The van der Waals surface area contributed by atoms with Crippen LogP contribution in [0.3, 0.4) is 0 Å². The van der Waals surface area contributed by atoms with E-state index < -0.39 is 0 Å². The molecule has 0 aliphatic carbocycles. The molecule has 3 heteroatoms. The van der Waals surface area contributed by atoms with Crippen LogP contribution in [0.4, 0.5) is 0 Å². The molecule has 0 radical (unpaired) electrons. The molecular weight excluding hydrogens is 240 g/mol. The summed E-state index contributed by atoms with van der Waals surface area (Å²) in [5.41, 5.74) is 6.04. The highest BCUT2D eigenvalue weighted by Crippen LogP contribution is 2.29. The molecule has 0 spiro atoms. The summed E-state index contributed by atoms with van der Waals surface area (Å²) in [6.45, 7) is 5.43. The second-order valence-corrected chi connectivity index (χ2v) is 6.41.